The van der Waals surface area contributed by atoms with Crippen molar-refractivity contribution < 1.29 is 13.9 Å². The fourth-order valence-corrected chi connectivity index (χ4v) is 4.73. The molecule has 31 heavy (non-hydrogen) atoms. The van der Waals surface area contributed by atoms with Gasteiger partial charge >= 0.3 is 0 Å². The van der Waals surface area contributed by atoms with E-state index in [0.29, 0.717) is 40.4 Å². The van der Waals surface area contributed by atoms with Crippen molar-refractivity contribution in [2.24, 2.45) is 5.92 Å². The number of nitrogens with one attached hydrogen (secondary N) is 2. The van der Waals surface area contributed by atoms with E-state index in [2.05, 4.69) is 16.4 Å². The zero-order chi connectivity index (χ0) is 22.3. The first kappa shape index (κ1) is 21.2. The third-order valence-electron chi connectivity index (χ3n) is 6.59. The molecule has 2 aromatic rings. The molecule has 0 bridgehead atoms. The van der Waals surface area contributed by atoms with Gasteiger partial charge in [-0.25, -0.2) is 4.39 Å². The minimum Gasteiger partial charge on any atom is -0.347 e. The molecule has 1 aromatic heterocycles. The molecule has 0 radical (unpaired) electrons. The van der Waals surface area contributed by atoms with E-state index in [1.807, 2.05) is 0 Å². The topological polar surface area (TPSA) is 106 Å². The van der Waals surface area contributed by atoms with Crippen LogP contribution < -0.4 is 10.9 Å². The van der Waals surface area contributed by atoms with Gasteiger partial charge in [-0.3, -0.25) is 9.59 Å². The van der Waals surface area contributed by atoms with Crippen LogP contribution in [0, 0.1) is 34.9 Å². The van der Waals surface area contributed by atoms with Gasteiger partial charge in [-0.1, -0.05) is 0 Å². The Morgan fingerprint density at radius 3 is 2.74 bits per heavy atom. The van der Waals surface area contributed by atoms with Gasteiger partial charge in [0.1, 0.15) is 11.7 Å². The van der Waals surface area contributed by atoms with Gasteiger partial charge in [0.05, 0.1) is 18.5 Å². The summed E-state index contributed by atoms with van der Waals surface area (Å²) < 4.78 is 15.4. The standard InChI is InChI=1S/C23H25FN4O3/c1-12-16(9-20(29)26-13(2)19-8-3-14(10-25)11-28(19)31)23(30)27-18-7-6-17(24)22(21(12)18)15-4-5-15/h6-7,13-15,19H,3-5,8-9,11H2,1-2H3,(H-,26,27,29,30)/p+1. The number of aromatic amines is 1. The number of fused-ring (bicyclic) bond motifs is 1. The molecule has 3 atom stereocenters. The number of H-pyrrole nitrogens is 1. The monoisotopic (exact) mass is 425 g/mol. The number of carbonyl (C=O) groups excluding carboxylic acids is 1. The normalized spacial score (nSPS) is 22.2. The zero-order valence-electron chi connectivity index (χ0n) is 17.7. The number of hydrogen-bond donors (Lipinski definition) is 2. The van der Waals surface area contributed by atoms with Gasteiger partial charge in [0.2, 0.25) is 18.5 Å². The quantitative estimate of drug-likeness (QED) is 0.719. The molecular weight excluding hydrogens is 399 g/mol. The first-order valence-electron chi connectivity index (χ1n) is 10.8. The molecule has 1 aliphatic carbocycles. The molecule has 2 fully saturated rings. The Morgan fingerprint density at radius 2 is 2.10 bits per heavy atom. The van der Waals surface area contributed by atoms with Crippen LogP contribution in [0.2, 0.25) is 0 Å². The molecule has 1 amide bonds. The second-order valence-corrected chi connectivity index (χ2v) is 8.82. The Kier molecular flexibility index (Phi) is 5.61. The maximum Gasteiger partial charge on any atom is 0.252 e. The number of halogens is 1. The Hall–Kier alpha value is -3.08. The lowest BCUT2D eigenvalue weighted by atomic mass is 9.92. The molecule has 162 valence electrons. The lowest BCUT2D eigenvalue weighted by molar-refractivity contribution is -0.603. The molecule has 0 spiro atoms. The Morgan fingerprint density at radius 1 is 1.35 bits per heavy atom. The van der Waals surface area contributed by atoms with Crippen molar-refractivity contribution in [3.63, 3.8) is 0 Å². The number of piperidine rings is 1. The first-order valence-corrected chi connectivity index (χ1v) is 10.8. The summed E-state index contributed by atoms with van der Waals surface area (Å²) in [7, 11) is 0. The molecule has 2 N–H and O–H groups in total. The molecule has 3 unspecified atom stereocenters. The number of benzene rings is 1. The van der Waals surface area contributed by atoms with Crippen LogP contribution in [0.15, 0.2) is 16.9 Å². The first-order chi connectivity index (χ1) is 14.8. The van der Waals surface area contributed by atoms with Crippen LogP contribution in [-0.4, -0.2) is 34.3 Å². The van der Waals surface area contributed by atoms with E-state index in [0.717, 1.165) is 17.6 Å². The highest BCUT2D eigenvalue weighted by molar-refractivity contribution is 5.89. The third kappa shape index (κ3) is 4.09. The van der Waals surface area contributed by atoms with Crippen LogP contribution >= 0.6 is 0 Å². The average molecular weight is 425 g/mol. The number of carbonyl (C=O) groups is 1. The van der Waals surface area contributed by atoms with Crippen LogP contribution in [0.25, 0.3) is 10.9 Å². The van der Waals surface area contributed by atoms with Gasteiger partial charge in [0.15, 0.2) is 0 Å². The van der Waals surface area contributed by atoms with Crippen LogP contribution in [0.4, 0.5) is 4.39 Å². The van der Waals surface area contributed by atoms with Gasteiger partial charge in [-0.2, -0.15) is 5.26 Å². The zero-order valence-corrected chi connectivity index (χ0v) is 17.7. The third-order valence-corrected chi connectivity index (χ3v) is 6.59. The van der Waals surface area contributed by atoms with Crippen LogP contribution in [0.5, 0.6) is 0 Å². The highest BCUT2D eigenvalue weighted by Gasteiger charge is 2.39. The highest BCUT2D eigenvalue weighted by atomic mass is 19.1. The Balaban J connectivity index is 1.55. The number of nitrogens with zero attached hydrogens (tertiary/aromatic N) is 2. The molecule has 4 rings (SSSR count). The fraction of sp³-hybridized carbons (Fsp3) is 0.522. The predicted octanol–water partition coefficient (Wildman–Crippen LogP) is 2.98. The summed E-state index contributed by atoms with van der Waals surface area (Å²) >= 11 is 0. The van der Waals surface area contributed by atoms with Gasteiger partial charge in [-0.15, -0.1) is 0 Å². The van der Waals surface area contributed by atoms with Gasteiger partial charge in [-0.05, 0) is 56.7 Å². The molecule has 1 saturated heterocycles. The van der Waals surface area contributed by atoms with Crippen molar-refractivity contribution in [2.75, 3.05) is 6.54 Å². The number of hydrogen-bond acceptors (Lipinski definition) is 4. The van der Waals surface area contributed by atoms with E-state index in [9.17, 15) is 18.9 Å². The van der Waals surface area contributed by atoms with Crippen molar-refractivity contribution in [3.8, 4) is 6.07 Å². The summed E-state index contributed by atoms with van der Waals surface area (Å²) in [5.74, 6) is -0.767. The van der Waals surface area contributed by atoms with E-state index in [1.165, 1.54) is 6.07 Å². The van der Waals surface area contributed by atoms with Crippen LogP contribution in [0.1, 0.15) is 55.2 Å². The van der Waals surface area contributed by atoms with E-state index >= 15 is 0 Å². The van der Waals surface area contributed by atoms with E-state index < -0.39 is 12.1 Å². The molecule has 1 aliphatic heterocycles. The van der Waals surface area contributed by atoms with Gasteiger partial charge in [0.25, 0.3) is 5.56 Å². The second kappa shape index (κ2) is 8.22. The average Bonchev–Trinajstić information content (AvgIpc) is 3.56. The molecule has 7 nitrogen and oxygen atoms in total. The molecule has 2 heterocycles. The summed E-state index contributed by atoms with van der Waals surface area (Å²) in [5, 5.41) is 12.5. The van der Waals surface area contributed by atoms with Crippen molar-refractivity contribution >= 4 is 16.8 Å². The second-order valence-electron chi connectivity index (χ2n) is 8.82. The Labute approximate surface area is 179 Å². The van der Waals surface area contributed by atoms with E-state index in [4.69, 9.17) is 5.26 Å². The summed E-state index contributed by atoms with van der Waals surface area (Å²) in [6.45, 7) is 3.66. The number of nitriles is 1. The summed E-state index contributed by atoms with van der Waals surface area (Å²) in [4.78, 5) is 40.4. The van der Waals surface area contributed by atoms with E-state index in [-0.39, 0.29) is 42.1 Å². The largest absolute Gasteiger partial charge is 0.347 e. The minimum absolute atomic E-state index is 0.139. The van der Waals surface area contributed by atoms with Crippen molar-refractivity contribution in [2.45, 2.75) is 64.0 Å². The summed E-state index contributed by atoms with van der Waals surface area (Å²) in [6.07, 6.45) is 2.85. The SMILES string of the molecule is Cc1c(CC(=O)NC(C)C2CCC(C#N)C[N+]2=O)c(=O)[nH]c2ccc(F)c(C3CC3)c12. The maximum atomic E-state index is 14.5. The Bertz CT molecular complexity index is 1160. The smallest absolute Gasteiger partial charge is 0.252 e. The predicted molar refractivity (Wildman–Crippen MR) is 113 cm³/mol. The molecule has 1 saturated carbocycles. The number of nitroso groups, excluding NO2 is 1. The van der Waals surface area contributed by atoms with Gasteiger partial charge < -0.3 is 10.3 Å². The molecular formula is C23H26FN4O3+. The lowest BCUT2D eigenvalue weighted by Gasteiger charge is -2.23. The maximum absolute atomic E-state index is 14.5. The number of amides is 1. The number of aromatic nitrogens is 1. The van der Waals surface area contributed by atoms with Gasteiger partial charge in [0, 0.05) is 38.1 Å². The van der Waals surface area contributed by atoms with Crippen molar-refractivity contribution in [1.82, 2.24) is 10.3 Å². The molecule has 1 aromatic carbocycles. The minimum atomic E-state index is -0.413. The van der Waals surface area contributed by atoms with Crippen molar-refractivity contribution in [1.29, 1.82) is 5.26 Å². The fourth-order valence-electron chi connectivity index (χ4n) is 4.73. The van der Waals surface area contributed by atoms with Crippen LogP contribution in [0.3, 0.4) is 0 Å². The van der Waals surface area contributed by atoms with Crippen molar-refractivity contribution in [3.05, 3.63) is 49.9 Å². The summed E-state index contributed by atoms with van der Waals surface area (Å²) in [6, 6.07) is 4.26. The lowest BCUT2D eigenvalue weighted by Crippen LogP contribution is -2.49. The molecule has 8 heteroatoms. The number of aryl methyl sites for hydroxylation is 1. The van der Waals surface area contributed by atoms with E-state index in [1.54, 1.807) is 19.9 Å². The highest BCUT2D eigenvalue weighted by Crippen LogP contribution is 2.45. The number of pyridine rings is 1. The summed E-state index contributed by atoms with van der Waals surface area (Å²) in [5.41, 5.74) is 1.79. The molecule has 2 aliphatic rings. The number of rotatable bonds is 5. The van der Waals surface area contributed by atoms with Crippen LogP contribution in [-0.2, 0) is 11.2 Å².